The number of nitrogens with zero attached hydrogens (tertiary/aromatic N) is 1. The third-order valence-electron chi connectivity index (χ3n) is 5.27. The van der Waals surface area contributed by atoms with Gasteiger partial charge in [-0.25, -0.2) is 0 Å². The first-order valence-electron chi connectivity index (χ1n) is 8.32. The molecule has 1 aliphatic heterocycles. The highest BCUT2D eigenvalue weighted by Crippen LogP contribution is 2.64. The topological polar surface area (TPSA) is 42.0 Å². The summed E-state index contributed by atoms with van der Waals surface area (Å²) in [4.78, 5) is 17.5. The Kier molecular flexibility index (Phi) is 3.03. The molecule has 1 aliphatic carbocycles. The zero-order valence-electron chi connectivity index (χ0n) is 13.4. The van der Waals surface area contributed by atoms with Crippen molar-refractivity contribution >= 4 is 23.2 Å². The number of rotatable bonds is 2. The maximum absolute atomic E-state index is 12.7. The normalized spacial score (nSPS) is 23.4. The van der Waals surface area contributed by atoms with Crippen molar-refractivity contribution in [2.24, 2.45) is 0 Å². The average Bonchev–Trinajstić information content (AvgIpc) is 3.35. The van der Waals surface area contributed by atoms with Crippen molar-refractivity contribution in [1.29, 1.82) is 0 Å². The third kappa shape index (κ3) is 2.12. The van der Waals surface area contributed by atoms with Crippen LogP contribution in [-0.4, -0.2) is 10.9 Å². The highest BCUT2D eigenvalue weighted by molar-refractivity contribution is 6.31. The van der Waals surface area contributed by atoms with E-state index in [1.54, 1.807) is 0 Å². The summed E-state index contributed by atoms with van der Waals surface area (Å²) in [7, 11) is 0. The van der Waals surface area contributed by atoms with Crippen molar-refractivity contribution in [1.82, 2.24) is 4.98 Å². The van der Waals surface area contributed by atoms with Gasteiger partial charge in [-0.2, -0.15) is 0 Å². The first kappa shape index (κ1) is 14.7. The van der Waals surface area contributed by atoms with Crippen LogP contribution in [0.25, 0.3) is 11.3 Å². The SMILES string of the molecule is O=C1Nc2ccc(Cl)cc2C12CC2c1cccc(-c2ccccc2)n1. The number of benzene rings is 2. The molecular weight excluding hydrogens is 332 g/mol. The van der Waals surface area contributed by atoms with Gasteiger partial charge in [0.05, 0.1) is 11.1 Å². The lowest BCUT2D eigenvalue weighted by atomic mass is 9.93. The van der Waals surface area contributed by atoms with Gasteiger partial charge in [-0.15, -0.1) is 0 Å². The van der Waals surface area contributed by atoms with Gasteiger partial charge in [0, 0.05) is 27.9 Å². The van der Waals surface area contributed by atoms with Crippen LogP contribution in [0, 0.1) is 0 Å². The van der Waals surface area contributed by atoms with Crippen molar-refractivity contribution in [2.45, 2.75) is 17.8 Å². The number of carbonyl (C=O) groups excluding carboxylic acids is 1. The zero-order valence-corrected chi connectivity index (χ0v) is 14.1. The fraction of sp³-hybridized carbons (Fsp3) is 0.143. The maximum atomic E-state index is 12.7. The van der Waals surface area contributed by atoms with Gasteiger partial charge in [-0.05, 0) is 42.3 Å². The number of pyridine rings is 1. The summed E-state index contributed by atoms with van der Waals surface area (Å²) >= 11 is 6.17. The molecule has 25 heavy (non-hydrogen) atoms. The summed E-state index contributed by atoms with van der Waals surface area (Å²) in [5.41, 5.74) is 4.34. The van der Waals surface area contributed by atoms with E-state index in [2.05, 4.69) is 5.32 Å². The first-order chi connectivity index (χ1) is 12.2. The second-order valence-corrected chi connectivity index (χ2v) is 7.12. The predicted molar refractivity (Wildman–Crippen MR) is 98.8 cm³/mol. The van der Waals surface area contributed by atoms with E-state index in [0.29, 0.717) is 5.02 Å². The van der Waals surface area contributed by atoms with Crippen LogP contribution in [0.15, 0.2) is 66.7 Å². The fourth-order valence-electron chi connectivity index (χ4n) is 3.93. The number of carbonyl (C=O) groups is 1. The molecule has 1 aromatic heterocycles. The maximum Gasteiger partial charge on any atom is 0.235 e. The molecule has 2 unspecified atom stereocenters. The molecule has 1 spiro atoms. The standard InChI is InChI=1S/C21H15ClN2O/c22-14-9-10-19-15(11-14)21(20(25)24-19)12-16(21)18-8-4-7-17(23-18)13-5-2-1-3-6-13/h1-11,16H,12H2,(H,24,25). The molecule has 3 nitrogen and oxygen atoms in total. The molecule has 5 rings (SSSR count). The molecule has 4 heteroatoms. The second kappa shape index (κ2) is 5.17. The summed E-state index contributed by atoms with van der Waals surface area (Å²) in [5.74, 6) is 0.151. The molecule has 3 aromatic rings. The Bertz CT molecular complexity index is 1000. The van der Waals surface area contributed by atoms with Crippen LogP contribution in [0.4, 0.5) is 5.69 Å². The Morgan fingerprint density at radius 3 is 2.72 bits per heavy atom. The van der Waals surface area contributed by atoms with Crippen molar-refractivity contribution in [3.05, 3.63) is 83.0 Å². The van der Waals surface area contributed by atoms with Crippen LogP contribution in [0.5, 0.6) is 0 Å². The Labute approximate surface area is 150 Å². The summed E-state index contributed by atoms with van der Waals surface area (Å²) in [5, 5.41) is 3.66. The lowest BCUT2D eigenvalue weighted by Crippen LogP contribution is -2.21. The minimum absolute atomic E-state index is 0.0571. The number of nitrogens with one attached hydrogen (secondary N) is 1. The molecule has 122 valence electrons. The van der Waals surface area contributed by atoms with Gasteiger partial charge in [0.15, 0.2) is 0 Å². The highest BCUT2D eigenvalue weighted by Gasteiger charge is 2.65. The van der Waals surface area contributed by atoms with Gasteiger partial charge >= 0.3 is 0 Å². The third-order valence-corrected chi connectivity index (χ3v) is 5.51. The van der Waals surface area contributed by atoms with Crippen molar-refractivity contribution in [2.75, 3.05) is 5.32 Å². The molecule has 2 atom stereocenters. The molecule has 1 amide bonds. The second-order valence-electron chi connectivity index (χ2n) is 6.69. The highest BCUT2D eigenvalue weighted by atomic mass is 35.5. The Balaban J connectivity index is 1.56. The summed E-state index contributed by atoms with van der Waals surface area (Å²) in [6.45, 7) is 0. The minimum atomic E-state index is -0.511. The molecule has 1 fully saturated rings. The number of aromatic nitrogens is 1. The van der Waals surface area contributed by atoms with Crippen LogP contribution >= 0.6 is 11.6 Å². The number of hydrogen-bond acceptors (Lipinski definition) is 2. The number of amides is 1. The minimum Gasteiger partial charge on any atom is -0.325 e. The average molecular weight is 347 g/mol. The predicted octanol–water partition coefficient (Wildman–Crippen LogP) is 4.78. The Morgan fingerprint density at radius 1 is 1.04 bits per heavy atom. The number of anilines is 1. The van der Waals surface area contributed by atoms with Crippen molar-refractivity contribution in [3.8, 4) is 11.3 Å². The van der Waals surface area contributed by atoms with Gasteiger partial charge in [-0.1, -0.05) is 48.0 Å². The van der Waals surface area contributed by atoms with E-state index in [4.69, 9.17) is 16.6 Å². The van der Waals surface area contributed by atoms with E-state index >= 15 is 0 Å². The molecule has 0 radical (unpaired) electrons. The monoisotopic (exact) mass is 346 g/mol. The van der Waals surface area contributed by atoms with Gasteiger partial charge < -0.3 is 5.32 Å². The first-order valence-corrected chi connectivity index (χ1v) is 8.70. The summed E-state index contributed by atoms with van der Waals surface area (Å²) in [6.07, 6.45) is 0.775. The van der Waals surface area contributed by atoms with Crippen LogP contribution in [0.1, 0.15) is 23.6 Å². The van der Waals surface area contributed by atoms with E-state index in [1.165, 1.54) is 0 Å². The van der Waals surface area contributed by atoms with Crippen molar-refractivity contribution < 1.29 is 4.79 Å². The van der Waals surface area contributed by atoms with Crippen LogP contribution in [-0.2, 0) is 10.2 Å². The Morgan fingerprint density at radius 2 is 1.88 bits per heavy atom. The van der Waals surface area contributed by atoms with Crippen molar-refractivity contribution in [3.63, 3.8) is 0 Å². The van der Waals surface area contributed by atoms with E-state index in [1.807, 2.05) is 66.7 Å². The number of fused-ring (bicyclic) bond motifs is 2. The molecule has 2 aromatic carbocycles. The summed E-state index contributed by atoms with van der Waals surface area (Å²) in [6, 6.07) is 21.7. The number of halogens is 1. The van der Waals surface area contributed by atoms with Gasteiger partial charge in [0.1, 0.15) is 0 Å². The molecule has 2 aliphatic rings. The van der Waals surface area contributed by atoms with Gasteiger partial charge in [-0.3, -0.25) is 9.78 Å². The smallest absolute Gasteiger partial charge is 0.235 e. The largest absolute Gasteiger partial charge is 0.325 e. The lowest BCUT2D eigenvalue weighted by molar-refractivity contribution is -0.118. The van der Waals surface area contributed by atoms with E-state index in [0.717, 1.165) is 34.6 Å². The van der Waals surface area contributed by atoms with E-state index in [-0.39, 0.29) is 11.8 Å². The Hall–Kier alpha value is -2.65. The summed E-state index contributed by atoms with van der Waals surface area (Å²) < 4.78 is 0. The fourth-order valence-corrected chi connectivity index (χ4v) is 4.11. The van der Waals surface area contributed by atoms with Gasteiger partial charge in [0.2, 0.25) is 5.91 Å². The number of hydrogen-bond donors (Lipinski definition) is 1. The molecule has 1 saturated carbocycles. The molecular formula is C21H15ClN2O. The van der Waals surface area contributed by atoms with Crippen LogP contribution in [0.2, 0.25) is 5.02 Å². The van der Waals surface area contributed by atoms with Crippen LogP contribution < -0.4 is 5.32 Å². The molecule has 2 heterocycles. The van der Waals surface area contributed by atoms with E-state index < -0.39 is 5.41 Å². The zero-order chi connectivity index (χ0) is 17.0. The quantitative estimate of drug-likeness (QED) is 0.725. The lowest BCUT2D eigenvalue weighted by Gasteiger charge is -2.10. The molecule has 0 bridgehead atoms. The van der Waals surface area contributed by atoms with Crippen LogP contribution in [0.3, 0.4) is 0 Å². The molecule has 0 saturated heterocycles. The van der Waals surface area contributed by atoms with E-state index in [9.17, 15) is 4.79 Å². The molecule has 1 N–H and O–H groups in total. The van der Waals surface area contributed by atoms with Gasteiger partial charge in [0.25, 0.3) is 0 Å².